The molecule has 1 saturated carbocycles. The Hall–Kier alpha value is -3.22. The molecule has 1 aromatic heterocycles. The Morgan fingerprint density at radius 1 is 1.20 bits per heavy atom. The Labute approximate surface area is 261 Å². The van der Waals surface area contributed by atoms with E-state index in [0.29, 0.717) is 12.8 Å². The molecule has 15 heteroatoms. The van der Waals surface area contributed by atoms with E-state index in [-0.39, 0.29) is 27.5 Å². The first kappa shape index (κ1) is 32.2. The lowest BCUT2D eigenvalue weighted by Gasteiger charge is -2.46. The van der Waals surface area contributed by atoms with Gasteiger partial charge in [-0.15, -0.1) is 5.10 Å². The van der Waals surface area contributed by atoms with Crippen molar-refractivity contribution < 1.29 is 38.4 Å². The number of aliphatic hydroxyl groups excluding tert-OH is 3. The number of aromatic nitrogens is 3. The lowest BCUT2D eigenvalue weighted by atomic mass is 9.88. The molecule has 1 saturated heterocycles. The highest BCUT2D eigenvalue weighted by Gasteiger charge is 2.52. The highest BCUT2D eigenvalue weighted by molar-refractivity contribution is 6.31. The Balaban J connectivity index is 1.56. The molecule has 11 nitrogen and oxygen atoms in total. The molecule has 44 heavy (non-hydrogen) atoms. The monoisotopic (exact) mass is 651 g/mol. The van der Waals surface area contributed by atoms with E-state index < -0.39 is 71.8 Å². The third-order valence-electron chi connectivity index (χ3n) is 8.03. The van der Waals surface area contributed by atoms with Gasteiger partial charge in [-0.05, 0) is 43.2 Å². The zero-order chi connectivity index (χ0) is 31.7. The van der Waals surface area contributed by atoms with Crippen molar-refractivity contribution in [2.75, 3.05) is 18.6 Å². The normalized spacial score (nSPS) is 27.1. The van der Waals surface area contributed by atoms with E-state index in [2.05, 4.69) is 10.3 Å². The van der Waals surface area contributed by atoms with Crippen molar-refractivity contribution in [1.82, 2.24) is 15.0 Å². The molecule has 2 aliphatic rings. The van der Waals surface area contributed by atoms with Gasteiger partial charge in [-0.1, -0.05) is 41.3 Å². The maximum absolute atomic E-state index is 14.5. The van der Waals surface area contributed by atoms with E-state index in [1.807, 2.05) is 6.07 Å². The lowest BCUT2D eigenvalue weighted by molar-refractivity contribution is -0.211. The number of amides is 1. The molecule has 1 amide bonds. The van der Waals surface area contributed by atoms with Crippen molar-refractivity contribution in [2.45, 2.75) is 68.3 Å². The molecular formula is C29H29Cl2F2N5O6. The number of nitrogens with zero attached hydrogens (tertiary/aromatic N) is 5. The average Bonchev–Trinajstić information content (AvgIpc) is 3.50. The van der Waals surface area contributed by atoms with E-state index in [9.17, 15) is 34.2 Å². The van der Waals surface area contributed by atoms with E-state index in [1.54, 1.807) is 0 Å². The van der Waals surface area contributed by atoms with Crippen molar-refractivity contribution >= 4 is 34.8 Å². The topological polar surface area (TPSA) is 154 Å². The summed E-state index contributed by atoms with van der Waals surface area (Å²) in [6.45, 7) is -0.681. The van der Waals surface area contributed by atoms with Crippen LogP contribution in [-0.4, -0.2) is 86.5 Å². The first-order valence-electron chi connectivity index (χ1n) is 13.8. The van der Waals surface area contributed by atoms with E-state index in [4.69, 9.17) is 32.7 Å². The number of rotatable bonds is 7. The summed E-state index contributed by atoms with van der Waals surface area (Å²) in [6, 6.07) is 6.63. The first-order valence-corrected chi connectivity index (χ1v) is 14.6. The lowest BCUT2D eigenvalue weighted by Crippen LogP contribution is -2.63. The second kappa shape index (κ2) is 13.4. The van der Waals surface area contributed by atoms with Crippen LogP contribution >= 0.6 is 23.2 Å². The molecule has 0 radical (unpaired) electrons. The van der Waals surface area contributed by atoms with Gasteiger partial charge in [0.1, 0.15) is 30.0 Å². The van der Waals surface area contributed by atoms with Crippen LogP contribution in [0.15, 0.2) is 36.5 Å². The van der Waals surface area contributed by atoms with Gasteiger partial charge in [0.25, 0.3) is 5.91 Å². The number of anilines is 1. The van der Waals surface area contributed by atoms with Crippen molar-refractivity contribution in [1.29, 1.82) is 5.26 Å². The summed E-state index contributed by atoms with van der Waals surface area (Å²) >= 11 is 12.1. The Kier molecular flexibility index (Phi) is 9.81. The fourth-order valence-electron chi connectivity index (χ4n) is 5.91. The van der Waals surface area contributed by atoms with E-state index in [0.717, 1.165) is 18.9 Å². The van der Waals surface area contributed by atoms with Crippen LogP contribution in [-0.2, 0) is 14.3 Å². The second-order valence-electron chi connectivity index (χ2n) is 10.7. The van der Waals surface area contributed by atoms with Gasteiger partial charge in [0.2, 0.25) is 0 Å². The number of halogens is 4. The molecule has 3 aromatic rings. The number of carbonyl (C=O) groups excluding carboxylic acids is 1. The summed E-state index contributed by atoms with van der Waals surface area (Å²) in [7, 11) is 1.30. The fourth-order valence-corrected chi connectivity index (χ4v) is 6.34. The third kappa shape index (κ3) is 6.16. The van der Waals surface area contributed by atoms with Crippen LogP contribution in [0, 0.1) is 23.0 Å². The largest absolute Gasteiger partial charge is 0.394 e. The van der Waals surface area contributed by atoms with Gasteiger partial charge in [0.15, 0.2) is 17.7 Å². The summed E-state index contributed by atoms with van der Waals surface area (Å²) < 4.78 is 40.7. The number of ether oxygens (including phenoxy) is 2. The zero-order valence-corrected chi connectivity index (χ0v) is 24.9. The molecule has 2 fully saturated rings. The standard InChI is InChI=1S/C29H29Cl2F2N5O6/c1-43-27-25(37-12-20(35-36-37)15-8-18(31)24(33)19(32)9-15)26(41)23(13-39)44-28(27)29(42)38(21-4-2-3-5-22(21)40)17-7-14(11-34)6-16(30)10-17/h6-10,12,21-23,25-28,39-41H,2-5,13H2,1H3/t21-,22-,23+,25-,26-,27+,28+/m0/s1. The van der Waals surface area contributed by atoms with Gasteiger partial charge in [-0.2, -0.15) is 5.26 Å². The molecule has 2 heterocycles. The molecule has 2 aromatic carbocycles. The molecule has 0 bridgehead atoms. The maximum Gasteiger partial charge on any atom is 0.259 e. The van der Waals surface area contributed by atoms with Gasteiger partial charge in [-0.25, -0.2) is 13.5 Å². The summed E-state index contributed by atoms with van der Waals surface area (Å²) in [6.07, 6.45) is -2.58. The molecule has 0 spiro atoms. The van der Waals surface area contributed by atoms with Gasteiger partial charge in [0.05, 0.1) is 41.6 Å². The smallest absolute Gasteiger partial charge is 0.259 e. The number of carbonyl (C=O) groups is 1. The average molecular weight is 652 g/mol. The van der Waals surface area contributed by atoms with Crippen molar-refractivity contribution in [3.8, 4) is 17.3 Å². The minimum atomic E-state index is -1.46. The summed E-state index contributed by atoms with van der Waals surface area (Å²) in [5, 5.41) is 49.7. The Morgan fingerprint density at radius 2 is 1.95 bits per heavy atom. The number of hydrogen-bond donors (Lipinski definition) is 3. The Bertz CT molecular complexity index is 1550. The molecule has 3 N–H and O–H groups in total. The molecule has 5 rings (SSSR count). The number of aliphatic hydroxyl groups is 3. The fraction of sp³-hybridized carbons (Fsp3) is 0.448. The molecule has 1 aliphatic carbocycles. The number of methoxy groups -OCH3 is 1. The van der Waals surface area contributed by atoms with E-state index >= 15 is 0 Å². The number of hydrogen-bond acceptors (Lipinski definition) is 9. The molecule has 0 unspecified atom stereocenters. The molecule has 1 aliphatic heterocycles. The number of nitriles is 1. The third-order valence-corrected chi connectivity index (χ3v) is 8.52. The molecule has 7 atom stereocenters. The quantitative estimate of drug-likeness (QED) is 0.326. The van der Waals surface area contributed by atoms with Crippen LogP contribution < -0.4 is 4.90 Å². The van der Waals surface area contributed by atoms with Crippen LogP contribution in [0.1, 0.15) is 37.3 Å². The zero-order valence-electron chi connectivity index (χ0n) is 23.4. The van der Waals surface area contributed by atoms with Crippen LogP contribution in [0.5, 0.6) is 0 Å². The molecule has 234 valence electrons. The van der Waals surface area contributed by atoms with Crippen LogP contribution in [0.25, 0.3) is 11.3 Å². The van der Waals surface area contributed by atoms with Crippen molar-refractivity contribution in [3.63, 3.8) is 0 Å². The second-order valence-corrected chi connectivity index (χ2v) is 11.6. The predicted octanol–water partition coefficient (Wildman–Crippen LogP) is 3.42. The van der Waals surface area contributed by atoms with Gasteiger partial charge >= 0.3 is 0 Å². The summed E-state index contributed by atoms with van der Waals surface area (Å²) in [5.41, 5.74) is 0.633. The van der Waals surface area contributed by atoms with Crippen LogP contribution in [0.3, 0.4) is 0 Å². The van der Waals surface area contributed by atoms with Crippen molar-refractivity contribution in [3.05, 3.63) is 63.8 Å². The SMILES string of the molecule is CO[C@@H]1[C@@H](n2cc(-c3cc(F)c(F)c(Cl)c3)nn2)[C@@H](O)[C@@H](CO)O[C@H]1C(=O)N(c1cc(Cl)cc(C#N)c1)[C@H]1CCCC[C@@H]1O. The Morgan fingerprint density at radius 3 is 2.61 bits per heavy atom. The minimum absolute atomic E-state index is 0.0812. The van der Waals surface area contributed by atoms with Crippen LogP contribution in [0.4, 0.5) is 14.5 Å². The maximum atomic E-state index is 14.5. The van der Waals surface area contributed by atoms with Gasteiger partial charge in [-0.3, -0.25) is 4.79 Å². The highest BCUT2D eigenvalue weighted by atomic mass is 35.5. The van der Waals surface area contributed by atoms with Crippen molar-refractivity contribution in [2.24, 2.45) is 0 Å². The minimum Gasteiger partial charge on any atom is -0.394 e. The van der Waals surface area contributed by atoms with E-state index in [1.165, 1.54) is 47.2 Å². The molecular weight excluding hydrogens is 623 g/mol. The van der Waals surface area contributed by atoms with Gasteiger partial charge < -0.3 is 29.7 Å². The van der Waals surface area contributed by atoms with Crippen LogP contribution in [0.2, 0.25) is 10.0 Å². The predicted molar refractivity (Wildman–Crippen MR) is 154 cm³/mol. The highest BCUT2D eigenvalue weighted by Crippen LogP contribution is 2.37. The summed E-state index contributed by atoms with van der Waals surface area (Å²) in [5.74, 6) is -3.08. The number of benzene rings is 2. The van der Waals surface area contributed by atoms with Gasteiger partial charge in [0, 0.05) is 23.4 Å². The first-order chi connectivity index (χ1) is 21.1. The summed E-state index contributed by atoms with van der Waals surface area (Å²) in [4.78, 5) is 15.8.